The number of likely N-dealkylation sites (N-methyl/N-ethyl adjacent to an activating group) is 1. The van der Waals surface area contributed by atoms with Gasteiger partial charge in [-0.1, -0.05) is 26.0 Å². The van der Waals surface area contributed by atoms with Crippen molar-refractivity contribution in [2.24, 2.45) is 14.1 Å². The molecule has 4 rings (SSSR count). The van der Waals surface area contributed by atoms with Gasteiger partial charge in [-0.3, -0.25) is 13.9 Å². The first-order chi connectivity index (χ1) is 16.3. The number of aliphatic hydroxyl groups excluding tert-OH is 1. The molecule has 0 saturated carbocycles. The minimum atomic E-state index is -0.875. The number of fused-ring (bicyclic) bond motifs is 1. The molecule has 0 amide bonds. The van der Waals surface area contributed by atoms with Gasteiger partial charge in [0, 0.05) is 40.3 Å². The summed E-state index contributed by atoms with van der Waals surface area (Å²) in [7, 11) is 3.07. The summed E-state index contributed by atoms with van der Waals surface area (Å²) in [6, 6.07) is 7.79. The topological polar surface area (TPSA) is 97.8 Å². The number of nitrogens with zero attached hydrogens (tertiary/aromatic N) is 6. The summed E-state index contributed by atoms with van der Waals surface area (Å²) in [5.74, 6) is 1.29. The van der Waals surface area contributed by atoms with Gasteiger partial charge in [-0.25, -0.2) is 4.79 Å². The van der Waals surface area contributed by atoms with Crippen LogP contribution in [0.4, 0.5) is 5.95 Å². The molecule has 0 aliphatic carbocycles. The van der Waals surface area contributed by atoms with Crippen LogP contribution >= 0.6 is 0 Å². The maximum absolute atomic E-state index is 13.1. The van der Waals surface area contributed by atoms with Crippen molar-refractivity contribution in [1.29, 1.82) is 0 Å². The number of aromatic nitrogens is 4. The fourth-order valence-electron chi connectivity index (χ4n) is 4.42. The molecule has 1 aliphatic rings. The first-order valence-corrected chi connectivity index (χ1v) is 11.9. The molecule has 0 radical (unpaired) electrons. The summed E-state index contributed by atoms with van der Waals surface area (Å²) in [5, 5.41) is 10.9. The van der Waals surface area contributed by atoms with Crippen LogP contribution in [-0.2, 0) is 27.1 Å². The highest BCUT2D eigenvalue weighted by Gasteiger charge is 2.26. The second-order valence-electron chi connectivity index (χ2n) is 8.79. The summed E-state index contributed by atoms with van der Waals surface area (Å²) >= 11 is 0. The average molecular weight is 471 g/mol. The maximum atomic E-state index is 13.1. The molecule has 3 heterocycles. The summed E-state index contributed by atoms with van der Waals surface area (Å²) in [6.45, 7) is 8.66. The van der Waals surface area contributed by atoms with Gasteiger partial charge in [-0.15, -0.1) is 0 Å². The van der Waals surface area contributed by atoms with Crippen LogP contribution in [0.1, 0.15) is 19.4 Å². The number of aryl methyl sites for hydroxylation is 2. The summed E-state index contributed by atoms with van der Waals surface area (Å²) in [5.41, 5.74) is 0.942. The Labute approximate surface area is 198 Å². The number of piperazine rings is 1. The zero-order valence-electron chi connectivity index (χ0n) is 20.4. The van der Waals surface area contributed by atoms with Crippen LogP contribution in [0.5, 0.6) is 5.75 Å². The Morgan fingerprint density at radius 2 is 1.82 bits per heavy atom. The number of benzene rings is 1. The summed E-state index contributed by atoms with van der Waals surface area (Å²) in [6.07, 6.45) is 0.0255. The Morgan fingerprint density at radius 3 is 2.50 bits per heavy atom. The molecule has 0 bridgehead atoms. The molecule has 10 nitrogen and oxygen atoms in total. The lowest BCUT2D eigenvalue weighted by Gasteiger charge is -2.35. The smallest absolute Gasteiger partial charge is 0.332 e. The predicted molar refractivity (Wildman–Crippen MR) is 132 cm³/mol. The zero-order chi connectivity index (χ0) is 24.4. The van der Waals surface area contributed by atoms with Gasteiger partial charge in [0.1, 0.15) is 18.5 Å². The molecule has 0 unspecified atom stereocenters. The summed E-state index contributed by atoms with van der Waals surface area (Å²) < 4.78 is 10.1. The van der Waals surface area contributed by atoms with Gasteiger partial charge in [0.2, 0.25) is 5.95 Å². The number of anilines is 1. The van der Waals surface area contributed by atoms with Crippen LogP contribution in [0.2, 0.25) is 0 Å². The Hall–Kier alpha value is -3.11. The van der Waals surface area contributed by atoms with Crippen molar-refractivity contribution in [3.8, 4) is 5.75 Å². The Bertz CT molecular complexity index is 1270. The third kappa shape index (κ3) is 4.60. The largest absolute Gasteiger partial charge is 0.491 e. The van der Waals surface area contributed by atoms with Gasteiger partial charge < -0.3 is 24.2 Å². The molecule has 1 fully saturated rings. The molecule has 1 saturated heterocycles. The number of ether oxygens (including phenoxy) is 1. The lowest BCUT2D eigenvalue weighted by Crippen LogP contribution is -2.47. The van der Waals surface area contributed by atoms with E-state index in [9.17, 15) is 14.7 Å². The van der Waals surface area contributed by atoms with E-state index in [1.165, 1.54) is 11.6 Å². The fraction of sp³-hybridized carbons (Fsp3) is 0.542. The van der Waals surface area contributed by atoms with Gasteiger partial charge in [-0.2, -0.15) is 4.98 Å². The molecule has 1 aliphatic heterocycles. The van der Waals surface area contributed by atoms with Crippen molar-refractivity contribution in [2.45, 2.75) is 32.9 Å². The van der Waals surface area contributed by atoms with E-state index < -0.39 is 17.4 Å². The van der Waals surface area contributed by atoms with Crippen LogP contribution in [-0.4, -0.2) is 74.1 Å². The third-order valence-corrected chi connectivity index (χ3v) is 6.57. The van der Waals surface area contributed by atoms with E-state index in [2.05, 4.69) is 23.6 Å². The molecule has 184 valence electrons. The standard InChI is InChI=1S/C24H34N6O4/c1-5-17-8-7-9-19(14-17)34-16-18(31)15-30-20-21(26(3)24(33)27(4)22(20)32)25-23(30)29-12-10-28(6-2)11-13-29/h7-9,14,18,31H,5-6,10-13,15-16H2,1-4H3/t18-/m1/s1. The zero-order valence-corrected chi connectivity index (χ0v) is 20.4. The van der Waals surface area contributed by atoms with Crippen LogP contribution in [0.25, 0.3) is 11.2 Å². The van der Waals surface area contributed by atoms with E-state index in [-0.39, 0.29) is 13.2 Å². The SMILES string of the molecule is CCc1cccc(OC[C@H](O)Cn2c(N3CCN(CC)CC3)nc3c2c(=O)n(C)c(=O)n3C)c1. The molecular weight excluding hydrogens is 436 g/mol. The molecule has 1 aromatic carbocycles. The van der Waals surface area contributed by atoms with Crippen molar-refractivity contribution in [3.05, 3.63) is 50.7 Å². The fourth-order valence-corrected chi connectivity index (χ4v) is 4.42. The van der Waals surface area contributed by atoms with Crippen molar-refractivity contribution >= 4 is 17.1 Å². The Kier molecular flexibility index (Phi) is 7.08. The van der Waals surface area contributed by atoms with Crippen molar-refractivity contribution < 1.29 is 9.84 Å². The highest BCUT2D eigenvalue weighted by atomic mass is 16.5. The van der Waals surface area contributed by atoms with Gasteiger partial charge in [-0.05, 0) is 30.7 Å². The lowest BCUT2D eigenvalue weighted by atomic mass is 10.2. The highest BCUT2D eigenvalue weighted by molar-refractivity contribution is 5.74. The summed E-state index contributed by atoms with van der Waals surface area (Å²) in [4.78, 5) is 34.8. The number of hydrogen-bond acceptors (Lipinski definition) is 7. The van der Waals surface area contributed by atoms with E-state index in [1.807, 2.05) is 24.3 Å². The van der Waals surface area contributed by atoms with Gasteiger partial charge in [0.25, 0.3) is 5.56 Å². The third-order valence-electron chi connectivity index (χ3n) is 6.57. The number of imidazole rings is 1. The van der Waals surface area contributed by atoms with Crippen molar-refractivity contribution in [1.82, 2.24) is 23.6 Å². The molecular formula is C24H34N6O4. The molecule has 1 atom stereocenters. The molecule has 1 N–H and O–H groups in total. The lowest BCUT2D eigenvalue weighted by molar-refractivity contribution is 0.0935. The van der Waals surface area contributed by atoms with Gasteiger partial charge in [0.05, 0.1) is 6.54 Å². The molecule has 34 heavy (non-hydrogen) atoms. The number of aliphatic hydroxyl groups is 1. The van der Waals surface area contributed by atoms with Gasteiger partial charge >= 0.3 is 5.69 Å². The quantitative estimate of drug-likeness (QED) is 0.514. The Balaban J connectivity index is 1.66. The molecule has 0 spiro atoms. The maximum Gasteiger partial charge on any atom is 0.332 e. The van der Waals surface area contributed by atoms with E-state index in [0.717, 1.165) is 49.3 Å². The minimum Gasteiger partial charge on any atom is -0.491 e. The molecule has 10 heteroatoms. The van der Waals surface area contributed by atoms with E-state index in [0.29, 0.717) is 22.9 Å². The number of hydrogen-bond donors (Lipinski definition) is 1. The van der Waals surface area contributed by atoms with E-state index in [1.54, 1.807) is 11.6 Å². The second kappa shape index (κ2) is 10.0. The predicted octanol–water partition coefficient (Wildman–Crippen LogP) is 0.578. The second-order valence-corrected chi connectivity index (χ2v) is 8.79. The van der Waals surface area contributed by atoms with Crippen molar-refractivity contribution in [3.63, 3.8) is 0 Å². The van der Waals surface area contributed by atoms with E-state index >= 15 is 0 Å². The van der Waals surface area contributed by atoms with Crippen molar-refractivity contribution in [2.75, 3.05) is 44.2 Å². The van der Waals surface area contributed by atoms with Gasteiger partial charge in [0.15, 0.2) is 11.2 Å². The Morgan fingerprint density at radius 1 is 1.09 bits per heavy atom. The van der Waals surface area contributed by atoms with Crippen LogP contribution in [0.15, 0.2) is 33.9 Å². The average Bonchev–Trinajstić information content (AvgIpc) is 3.24. The van der Waals surface area contributed by atoms with Crippen LogP contribution in [0, 0.1) is 0 Å². The van der Waals surface area contributed by atoms with E-state index in [4.69, 9.17) is 9.72 Å². The molecule has 2 aromatic heterocycles. The minimum absolute atomic E-state index is 0.0714. The number of rotatable bonds is 8. The molecule has 3 aromatic rings. The first kappa shape index (κ1) is 24.0. The normalized spacial score (nSPS) is 15.7. The van der Waals surface area contributed by atoms with Crippen LogP contribution in [0.3, 0.4) is 0 Å². The monoisotopic (exact) mass is 470 g/mol. The highest BCUT2D eigenvalue weighted by Crippen LogP contribution is 2.22. The van der Waals surface area contributed by atoms with Crippen LogP contribution < -0.4 is 20.9 Å². The first-order valence-electron chi connectivity index (χ1n) is 11.9.